The fraction of sp³-hybridized carbons (Fsp3) is 0.286. The number of nitrogens with zero attached hydrogens (tertiary/aromatic N) is 2. The van der Waals surface area contributed by atoms with Gasteiger partial charge in [-0.1, -0.05) is 0 Å². The van der Waals surface area contributed by atoms with Crippen molar-refractivity contribution in [2.45, 2.75) is 6.92 Å². The van der Waals surface area contributed by atoms with Gasteiger partial charge in [0, 0.05) is 7.05 Å². The van der Waals surface area contributed by atoms with Crippen molar-refractivity contribution in [3.05, 3.63) is 11.4 Å². The zero-order chi connectivity index (χ0) is 7.72. The summed E-state index contributed by atoms with van der Waals surface area (Å²) in [6.07, 6.45) is 5.17. The predicted molar refractivity (Wildman–Crippen MR) is 40.3 cm³/mol. The van der Waals surface area contributed by atoms with Crippen molar-refractivity contribution in [1.29, 1.82) is 0 Å². The summed E-state index contributed by atoms with van der Waals surface area (Å²) in [5, 5.41) is 4.03. The predicted octanol–water partition coefficient (Wildman–Crippen LogP) is 0.292. The van der Waals surface area contributed by atoms with Crippen molar-refractivity contribution in [2.24, 2.45) is 7.05 Å². The van der Waals surface area contributed by atoms with Crippen molar-refractivity contribution in [3.63, 3.8) is 0 Å². The lowest BCUT2D eigenvalue weighted by atomic mass is 10.3. The van der Waals surface area contributed by atoms with Gasteiger partial charge in [0.25, 0.3) is 0 Å². The fourth-order valence-electron chi connectivity index (χ4n) is 0.846. The van der Waals surface area contributed by atoms with Gasteiger partial charge < -0.3 is 5.73 Å². The summed E-state index contributed by atoms with van der Waals surface area (Å²) in [6.45, 7) is 1.83. The van der Waals surface area contributed by atoms with Gasteiger partial charge in [0.2, 0.25) is 0 Å². The van der Waals surface area contributed by atoms with Crippen LogP contribution in [0.5, 0.6) is 0 Å². The van der Waals surface area contributed by atoms with E-state index in [1.807, 2.05) is 6.92 Å². The van der Waals surface area contributed by atoms with E-state index in [2.05, 4.69) is 11.0 Å². The molecular formula is C7H9N3. The molecule has 0 aliphatic rings. The summed E-state index contributed by atoms with van der Waals surface area (Å²) in [5.74, 6) is 2.46. The smallest absolute Gasteiger partial charge is 0.133 e. The monoisotopic (exact) mass is 135 g/mol. The fourth-order valence-corrected chi connectivity index (χ4v) is 0.846. The highest BCUT2D eigenvalue weighted by atomic mass is 15.3. The van der Waals surface area contributed by atoms with E-state index in [-0.39, 0.29) is 0 Å². The molecule has 0 bridgehead atoms. The quantitative estimate of drug-likeness (QED) is 0.520. The Hall–Kier alpha value is -1.43. The van der Waals surface area contributed by atoms with Gasteiger partial charge in [-0.15, -0.1) is 6.42 Å². The summed E-state index contributed by atoms with van der Waals surface area (Å²) in [4.78, 5) is 0. The third-order valence-electron chi connectivity index (χ3n) is 1.41. The molecule has 0 saturated heterocycles. The Bertz CT molecular complexity index is 291. The Balaban J connectivity index is 3.37. The Kier molecular flexibility index (Phi) is 1.38. The van der Waals surface area contributed by atoms with Crippen LogP contribution in [0.3, 0.4) is 0 Å². The maximum absolute atomic E-state index is 5.59. The topological polar surface area (TPSA) is 43.8 Å². The van der Waals surface area contributed by atoms with Crippen LogP contribution in [0.1, 0.15) is 11.4 Å². The highest BCUT2D eigenvalue weighted by molar-refractivity contribution is 5.54. The van der Waals surface area contributed by atoms with E-state index in [4.69, 9.17) is 12.2 Å². The van der Waals surface area contributed by atoms with Crippen LogP contribution >= 0.6 is 0 Å². The largest absolute Gasteiger partial charge is 0.395 e. The molecule has 0 unspecified atom stereocenters. The number of terminal acetylenes is 1. The molecule has 0 atom stereocenters. The molecule has 1 rings (SSSR count). The number of anilines is 1. The minimum atomic E-state index is 0.602. The van der Waals surface area contributed by atoms with Crippen LogP contribution in [0, 0.1) is 19.3 Å². The molecule has 0 saturated carbocycles. The Morgan fingerprint density at radius 2 is 2.30 bits per heavy atom. The number of nitrogen functional groups attached to an aromatic ring is 1. The first-order chi connectivity index (χ1) is 4.66. The van der Waals surface area contributed by atoms with Crippen LogP contribution in [-0.4, -0.2) is 9.78 Å². The second kappa shape index (κ2) is 2.07. The van der Waals surface area contributed by atoms with Crippen LogP contribution in [0.2, 0.25) is 0 Å². The minimum Gasteiger partial charge on any atom is -0.395 e. The average molecular weight is 135 g/mol. The zero-order valence-corrected chi connectivity index (χ0v) is 6.05. The van der Waals surface area contributed by atoms with Gasteiger partial charge in [0.1, 0.15) is 5.69 Å². The molecule has 1 aromatic heterocycles. The van der Waals surface area contributed by atoms with Crippen molar-refractivity contribution in [2.75, 3.05) is 5.73 Å². The summed E-state index contributed by atoms with van der Waals surface area (Å²) >= 11 is 0. The first kappa shape index (κ1) is 6.69. The van der Waals surface area contributed by atoms with Gasteiger partial charge in [-0.3, -0.25) is 4.68 Å². The van der Waals surface area contributed by atoms with E-state index in [0.717, 1.165) is 5.69 Å². The highest BCUT2D eigenvalue weighted by Gasteiger charge is 2.05. The number of rotatable bonds is 0. The first-order valence-electron chi connectivity index (χ1n) is 2.92. The number of hydrogen-bond donors (Lipinski definition) is 1. The maximum Gasteiger partial charge on any atom is 0.133 e. The molecule has 3 heteroatoms. The summed E-state index contributed by atoms with van der Waals surface area (Å²) in [7, 11) is 1.78. The second-order valence-corrected chi connectivity index (χ2v) is 2.12. The summed E-state index contributed by atoms with van der Waals surface area (Å²) in [6, 6.07) is 0. The molecule has 0 aliphatic carbocycles. The van der Waals surface area contributed by atoms with Gasteiger partial charge in [0.05, 0.1) is 11.4 Å². The van der Waals surface area contributed by atoms with Gasteiger partial charge in [-0.05, 0) is 12.8 Å². The van der Waals surface area contributed by atoms with Crippen LogP contribution < -0.4 is 5.73 Å². The third kappa shape index (κ3) is 0.742. The van der Waals surface area contributed by atoms with Gasteiger partial charge in [-0.25, -0.2) is 0 Å². The number of nitrogens with two attached hydrogens (primary N) is 1. The minimum absolute atomic E-state index is 0.602. The lowest BCUT2D eigenvalue weighted by Crippen LogP contribution is -1.95. The number of hydrogen-bond acceptors (Lipinski definition) is 2. The standard InChI is InChI=1S/C7H9N3/c1-4-6-7(8)5(2)9-10(6)3/h1H,8H2,2-3H3. The van der Waals surface area contributed by atoms with Crippen LogP contribution in [0.4, 0.5) is 5.69 Å². The molecule has 0 aliphatic heterocycles. The van der Waals surface area contributed by atoms with Crippen LogP contribution in [0.25, 0.3) is 0 Å². The normalized spacial score (nSPS) is 9.30. The molecule has 0 radical (unpaired) electrons. The summed E-state index contributed by atoms with van der Waals surface area (Å²) < 4.78 is 1.60. The number of aryl methyl sites for hydroxylation is 2. The number of aromatic nitrogens is 2. The third-order valence-corrected chi connectivity index (χ3v) is 1.41. The molecule has 2 N–H and O–H groups in total. The SMILES string of the molecule is C#Cc1c(N)c(C)nn1C. The molecule has 10 heavy (non-hydrogen) atoms. The molecule has 0 aromatic carbocycles. The molecule has 0 amide bonds. The maximum atomic E-state index is 5.59. The Labute approximate surface area is 59.8 Å². The van der Waals surface area contributed by atoms with Crippen molar-refractivity contribution >= 4 is 5.69 Å². The second-order valence-electron chi connectivity index (χ2n) is 2.12. The highest BCUT2D eigenvalue weighted by Crippen LogP contribution is 2.12. The van der Waals surface area contributed by atoms with Gasteiger partial charge >= 0.3 is 0 Å². The molecule has 1 aromatic rings. The van der Waals surface area contributed by atoms with E-state index < -0.39 is 0 Å². The van der Waals surface area contributed by atoms with Crippen LogP contribution in [0.15, 0.2) is 0 Å². The van der Waals surface area contributed by atoms with Gasteiger partial charge in [0.15, 0.2) is 0 Å². The van der Waals surface area contributed by atoms with E-state index in [0.29, 0.717) is 11.4 Å². The van der Waals surface area contributed by atoms with Crippen molar-refractivity contribution in [3.8, 4) is 12.3 Å². The zero-order valence-electron chi connectivity index (χ0n) is 6.05. The molecule has 0 fully saturated rings. The molecule has 1 heterocycles. The van der Waals surface area contributed by atoms with E-state index in [1.165, 1.54) is 0 Å². The first-order valence-corrected chi connectivity index (χ1v) is 2.92. The summed E-state index contributed by atoms with van der Waals surface area (Å²) in [5.41, 5.74) is 7.63. The van der Waals surface area contributed by atoms with Crippen molar-refractivity contribution < 1.29 is 0 Å². The Morgan fingerprint density at radius 3 is 2.50 bits per heavy atom. The molecule has 3 nitrogen and oxygen atoms in total. The van der Waals surface area contributed by atoms with E-state index in [9.17, 15) is 0 Å². The lowest BCUT2D eigenvalue weighted by Gasteiger charge is -1.90. The molecular weight excluding hydrogens is 126 g/mol. The van der Waals surface area contributed by atoms with Crippen LogP contribution in [-0.2, 0) is 7.05 Å². The van der Waals surface area contributed by atoms with Gasteiger partial charge in [-0.2, -0.15) is 5.10 Å². The lowest BCUT2D eigenvalue weighted by molar-refractivity contribution is 0.747. The Morgan fingerprint density at radius 1 is 1.70 bits per heavy atom. The van der Waals surface area contributed by atoms with E-state index in [1.54, 1.807) is 11.7 Å². The molecule has 0 spiro atoms. The van der Waals surface area contributed by atoms with Crippen molar-refractivity contribution in [1.82, 2.24) is 9.78 Å². The van der Waals surface area contributed by atoms with E-state index >= 15 is 0 Å². The average Bonchev–Trinajstić information content (AvgIpc) is 2.09. The molecule has 52 valence electrons.